The van der Waals surface area contributed by atoms with Crippen molar-refractivity contribution in [3.05, 3.63) is 59.7 Å². The Hall–Kier alpha value is -3.39. The summed E-state index contributed by atoms with van der Waals surface area (Å²) in [6.07, 6.45) is 0.0667. The summed E-state index contributed by atoms with van der Waals surface area (Å²) in [5, 5.41) is 11.7. The molecule has 34 heavy (non-hydrogen) atoms. The smallest absolute Gasteiger partial charge is 0.407 e. The van der Waals surface area contributed by atoms with Crippen molar-refractivity contribution in [2.75, 3.05) is 45.9 Å². The molecule has 2 aromatic carbocycles. The zero-order valence-corrected chi connectivity index (χ0v) is 19.4. The molecule has 8 heteroatoms. The van der Waals surface area contributed by atoms with Gasteiger partial charge in [-0.1, -0.05) is 55.5 Å². The first kappa shape index (κ1) is 23.8. The zero-order valence-electron chi connectivity index (χ0n) is 19.4. The third-order valence-electron chi connectivity index (χ3n) is 6.72. The Balaban J connectivity index is 1.27. The summed E-state index contributed by atoms with van der Waals surface area (Å²) in [7, 11) is 0. The number of alkyl carbamates (subject to hydrolysis) is 1. The number of rotatable bonds is 8. The van der Waals surface area contributed by atoms with E-state index in [9.17, 15) is 14.4 Å². The molecule has 2 aliphatic rings. The third-order valence-corrected chi connectivity index (χ3v) is 6.72. The van der Waals surface area contributed by atoms with Crippen LogP contribution in [0.25, 0.3) is 11.1 Å². The average molecular weight is 466 g/mol. The number of nitrogens with zero attached hydrogens (tertiary/aromatic N) is 2. The molecule has 2 N–H and O–H groups in total. The van der Waals surface area contributed by atoms with Crippen LogP contribution in [-0.4, -0.2) is 78.8 Å². The van der Waals surface area contributed by atoms with Gasteiger partial charge in [0, 0.05) is 38.6 Å². The number of carboxylic acid groups (broad SMARTS) is 1. The molecule has 1 unspecified atom stereocenters. The van der Waals surface area contributed by atoms with Gasteiger partial charge in [-0.3, -0.25) is 14.5 Å². The first-order chi connectivity index (χ1) is 16.5. The minimum Gasteiger partial charge on any atom is -0.480 e. The predicted molar refractivity (Wildman–Crippen MR) is 128 cm³/mol. The van der Waals surface area contributed by atoms with Crippen molar-refractivity contribution >= 4 is 18.0 Å². The molecule has 2 amide bonds. The quantitative estimate of drug-likeness (QED) is 0.622. The van der Waals surface area contributed by atoms with Gasteiger partial charge in [0.25, 0.3) is 0 Å². The molecular weight excluding hydrogens is 434 g/mol. The Morgan fingerprint density at radius 2 is 1.59 bits per heavy atom. The van der Waals surface area contributed by atoms with E-state index in [1.54, 1.807) is 4.90 Å². The highest BCUT2D eigenvalue weighted by Crippen LogP contribution is 2.44. The van der Waals surface area contributed by atoms with Gasteiger partial charge in [0.1, 0.15) is 6.61 Å². The minimum absolute atomic E-state index is 0.0103. The van der Waals surface area contributed by atoms with Crippen molar-refractivity contribution in [3.8, 4) is 11.1 Å². The maximum absolute atomic E-state index is 12.9. The van der Waals surface area contributed by atoms with Crippen LogP contribution in [0.3, 0.4) is 0 Å². The van der Waals surface area contributed by atoms with Crippen LogP contribution >= 0.6 is 0 Å². The van der Waals surface area contributed by atoms with Crippen molar-refractivity contribution in [2.24, 2.45) is 5.92 Å². The molecule has 0 spiro atoms. The number of hydrogen-bond donors (Lipinski definition) is 2. The van der Waals surface area contributed by atoms with E-state index in [4.69, 9.17) is 9.84 Å². The maximum Gasteiger partial charge on any atom is 0.407 e. The summed E-state index contributed by atoms with van der Waals surface area (Å²) in [5.41, 5.74) is 4.65. The molecule has 1 atom stereocenters. The lowest BCUT2D eigenvalue weighted by Gasteiger charge is -2.35. The van der Waals surface area contributed by atoms with Gasteiger partial charge in [0.05, 0.1) is 12.5 Å². The second kappa shape index (κ2) is 10.7. The van der Waals surface area contributed by atoms with Crippen LogP contribution in [0, 0.1) is 5.92 Å². The lowest BCUT2D eigenvalue weighted by molar-refractivity contribution is -0.140. The van der Waals surface area contributed by atoms with E-state index < -0.39 is 12.1 Å². The van der Waals surface area contributed by atoms with Crippen molar-refractivity contribution < 1.29 is 24.2 Å². The number of carbonyl (C=O) groups is 3. The van der Waals surface area contributed by atoms with Gasteiger partial charge in [-0.05, 0) is 28.7 Å². The predicted octanol–water partition coefficient (Wildman–Crippen LogP) is 2.78. The molecule has 4 rings (SSSR count). The fourth-order valence-electron chi connectivity index (χ4n) is 4.84. The van der Waals surface area contributed by atoms with E-state index >= 15 is 0 Å². The molecule has 1 aliphatic carbocycles. The standard InChI is InChI=1S/C26H31N3O5/c1-2-18(25(32)29-13-11-28(12-14-29)16-24(30)31)15-27-26(33)34-17-23-21-9-5-3-7-19(21)20-8-4-6-10-22(20)23/h3-10,18,23H,2,11-17H2,1H3,(H,27,33)(H,30,31). The van der Waals surface area contributed by atoms with Crippen LogP contribution < -0.4 is 5.32 Å². The third kappa shape index (κ3) is 5.22. The number of ether oxygens (including phenoxy) is 1. The Kier molecular flexibility index (Phi) is 7.47. The topological polar surface area (TPSA) is 99.2 Å². The molecule has 180 valence electrons. The summed E-state index contributed by atoms with van der Waals surface area (Å²) in [6.45, 7) is 4.41. The molecule has 0 saturated carbocycles. The average Bonchev–Trinajstić information content (AvgIpc) is 3.17. The first-order valence-electron chi connectivity index (χ1n) is 11.8. The summed E-state index contributed by atoms with van der Waals surface area (Å²) >= 11 is 0. The Labute approximate surface area is 199 Å². The zero-order chi connectivity index (χ0) is 24.1. The monoisotopic (exact) mass is 465 g/mol. The lowest BCUT2D eigenvalue weighted by Crippen LogP contribution is -2.52. The Bertz CT molecular complexity index is 1000. The molecule has 1 aliphatic heterocycles. The van der Waals surface area contributed by atoms with E-state index in [2.05, 4.69) is 29.6 Å². The molecule has 1 fully saturated rings. The highest BCUT2D eigenvalue weighted by atomic mass is 16.5. The van der Waals surface area contributed by atoms with Crippen LogP contribution in [0.5, 0.6) is 0 Å². The van der Waals surface area contributed by atoms with Crippen LogP contribution in [0.15, 0.2) is 48.5 Å². The maximum atomic E-state index is 12.9. The van der Waals surface area contributed by atoms with Gasteiger partial charge in [0.2, 0.25) is 5.91 Å². The molecular formula is C26H31N3O5. The SMILES string of the molecule is CCC(CNC(=O)OCC1c2ccccc2-c2ccccc21)C(=O)N1CCN(CC(=O)O)CC1. The van der Waals surface area contributed by atoms with E-state index in [1.165, 1.54) is 11.1 Å². The van der Waals surface area contributed by atoms with E-state index in [0.29, 0.717) is 32.6 Å². The number of benzene rings is 2. The summed E-state index contributed by atoms with van der Waals surface area (Å²) in [4.78, 5) is 39.8. The van der Waals surface area contributed by atoms with Crippen LogP contribution in [0.1, 0.15) is 30.4 Å². The van der Waals surface area contributed by atoms with Crippen molar-refractivity contribution in [2.45, 2.75) is 19.3 Å². The normalized spacial score (nSPS) is 16.4. The molecule has 0 aromatic heterocycles. The van der Waals surface area contributed by atoms with Crippen molar-refractivity contribution in [1.82, 2.24) is 15.1 Å². The van der Waals surface area contributed by atoms with Gasteiger partial charge in [-0.2, -0.15) is 0 Å². The lowest BCUT2D eigenvalue weighted by atomic mass is 9.98. The number of fused-ring (bicyclic) bond motifs is 3. The van der Waals surface area contributed by atoms with E-state index in [-0.39, 0.29) is 37.4 Å². The van der Waals surface area contributed by atoms with Gasteiger partial charge in [0.15, 0.2) is 0 Å². The van der Waals surface area contributed by atoms with Crippen molar-refractivity contribution in [1.29, 1.82) is 0 Å². The summed E-state index contributed by atoms with van der Waals surface area (Å²) < 4.78 is 5.57. The van der Waals surface area contributed by atoms with Crippen molar-refractivity contribution in [3.63, 3.8) is 0 Å². The molecule has 1 saturated heterocycles. The van der Waals surface area contributed by atoms with E-state index in [0.717, 1.165) is 11.1 Å². The van der Waals surface area contributed by atoms with Gasteiger partial charge in [-0.25, -0.2) is 4.79 Å². The minimum atomic E-state index is -0.862. The van der Waals surface area contributed by atoms with Crippen LogP contribution in [0.4, 0.5) is 4.79 Å². The van der Waals surface area contributed by atoms with Gasteiger partial charge >= 0.3 is 12.1 Å². The highest BCUT2D eigenvalue weighted by Gasteiger charge is 2.30. The fraction of sp³-hybridized carbons (Fsp3) is 0.423. The number of carbonyl (C=O) groups excluding carboxylic acids is 2. The van der Waals surface area contributed by atoms with Crippen LogP contribution in [-0.2, 0) is 14.3 Å². The van der Waals surface area contributed by atoms with E-state index in [1.807, 2.05) is 36.1 Å². The number of amides is 2. The number of hydrogen-bond acceptors (Lipinski definition) is 5. The van der Waals surface area contributed by atoms with Gasteiger partial charge < -0.3 is 20.1 Å². The number of carboxylic acids is 1. The van der Waals surface area contributed by atoms with Gasteiger partial charge in [-0.15, -0.1) is 0 Å². The molecule has 2 aromatic rings. The Morgan fingerprint density at radius 1 is 1.00 bits per heavy atom. The number of nitrogens with one attached hydrogen (secondary N) is 1. The number of piperazine rings is 1. The van der Waals surface area contributed by atoms with Crippen LogP contribution in [0.2, 0.25) is 0 Å². The largest absolute Gasteiger partial charge is 0.480 e. The summed E-state index contributed by atoms with van der Waals surface area (Å²) in [5.74, 6) is -1.23. The number of aliphatic carboxylic acids is 1. The fourth-order valence-corrected chi connectivity index (χ4v) is 4.84. The molecule has 8 nitrogen and oxygen atoms in total. The highest BCUT2D eigenvalue weighted by molar-refractivity contribution is 5.80. The second-order valence-electron chi connectivity index (χ2n) is 8.81. The Morgan fingerprint density at radius 3 is 2.15 bits per heavy atom. The molecule has 0 radical (unpaired) electrons. The second-order valence-corrected chi connectivity index (χ2v) is 8.81. The molecule has 1 heterocycles. The summed E-state index contributed by atoms with van der Waals surface area (Å²) in [6, 6.07) is 16.3. The first-order valence-corrected chi connectivity index (χ1v) is 11.8. The molecule has 0 bridgehead atoms.